The number of ether oxygens (including phenoxy) is 2. The number of anilines is 1. The molecule has 0 saturated heterocycles. The summed E-state index contributed by atoms with van der Waals surface area (Å²) in [5, 5.41) is 0. The Bertz CT molecular complexity index is 732. The van der Waals surface area contributed by atoms with E-state index >= 15 is 0 Å². The van der Waals surface area contributed by atoms with Crippen molar-refractivity contribution in [2.24, 2.45) is 0 Å². The van der Waals surface area contributed by atoms with Crippen LogP contribution in [0.4, 0.5) is 5.69 Å². The highest BCUT2D eigenvalue weighted by Gasteiger charge is 2.59. The average Bonchev–Trinajstić information content (AvgIpc) is 3.08. The lowest BCUT2D eigenvalue weighted by Crippen LogP contribution is -2.44. The number of rotatable bonds is 0. The van der Waals surface area contributed by atoms with Crippen molar-refractivity contribution in [1.29, 1.82) is 0 Å². The van der Waals surface area contributed by atoms with Crippen LogP contribution in [0.3, 0.4) is 0 Å². The van der Waals surface area contributed by atoms with E-state index in [4.69, 9.17) is 26.5 Å². The Balaban J connectivity index is 1.79. The number of hydrogen-bond acceptors (Lipinski definition) is 5. The molecule has 0 radical (unpaired) electrons. The lowest BCUT2D eigenvalue weighted by molar-refractivity contribution is 0.00648. The molecule has 0 bridgehead atoms. The van der Waals surface area contributed by atoms with Gasteiger partial charge < -0.3 is 14.4 Å². The molecular formula is C16H16N2O3S. The summed E-state index contributed by atoms with van der Waals surface area (Å²) in [5.74, 6) is 1.65. The molecular weight excluding hydrogens is 300 g/mol. The molecule has 114 valence electrons. The summed E-state index contributed by atoms with van der Waals surface area (Å²) < 4.78 is 11.8. The molecule has 1 aromatic rings. The zero-order valence-corrected chi connectivity index (χ0v) is 13.0. The zero-order valence-electron chi connectivity index (χ0n) is 12.2. The van der Waals surface area contributed by atoms with E-state index < -0.39 is 5.41 Å². The SMILES string of the molecule is CC1ONC2=C1C1(CO2)C(=S)N2CCCOc3cccc1c32. The molecule has 0 amide bonds. The fourth-order valence-corrected chi connectivity index (χ4v) is 4.53. The molecule has 0 aromatic heterocycles. The highest BCUT2D eigenvalue weighted by atomic mass is 32.1. The van der Waals surface area contributed by atoms with Gasteiger partial charge in [0, 0.05) is 17.7 Å². The summed E-state index contributed by atoms with van der Waals surface area (Å²) >= 11 is 5.92. The Morgan fingerprint density at radius 1 is 1.36 bits per heavy atom. The van der Waals surface area contributed by atoms with Gasteiger partial charge in [-0.25, -0.2) is 5.48 Å². The van der Waals surface area contributed by atoms with Crippen molar-refractivity contribution >= 4 is 22.9 Å². The molecule has 1 aromatic carbocycles. The van der Waals surface area contributed by atoms with E-state index in [1.165, 1.54) is 5.56 Å². The molecule has 4 aliphatic rings. The fraction of sp³-hybridized carbons (Fsp3) is 0.438. The third-order valence-electron chi connectivity index (χ3n) is 4.99. The Labute approximate surface area is 133 Å². The number of thiocarbonyl (C=S) groups is 1. The van der Waals surface area contributed by atoms with Crippen molar-refractivity contribution < 1.29 is 14.3 Å². The Morgan fingerprint density at radius 2 is 2.27 bits per heavy atom. The lowest BCUT2D eigenvalue weighted by atomic mass is 9.75. The molecule has 0 saturated carbocycles. The average molecular weight is 316 g/mol. The van der Waals surface area contributed by atoms with Crippen molar-refractivity contribution in [2.75, 3.05) is 24.7 Å². The second-order valence-electron chi connectivity index (χ2n) is 6.11. The van der Waals surface area contributed by atoms with Crippen molar-refractivity contribution in [3.8, 4) is 5.75 Å². The summed E-state index contributed by atoms with van der Waals surface area (Å²) in [4.78, 5) is 8.69. The number of nitrogens with one attached hydrogen (secondary N) is 1. The quantitative estimate of drug-likeness (QED) is 0.739. The van der Waals surface area contributed by atoms with Crippen LogP contribution in [0.25, 0.3) is 0 Å². The molecule has 2 atom stereocenters. The van der Waals surface area contributed by atoms with Crippen LogP contribution in [0.15, 0.2) is 29.7 Å². The first kappa shape index (κ1) is 12.7. The predicted molar refractivity (Wildman–Crippen MR) is 84.8 cm³/mol. The molecule has 2 unspecified atom stereocenters. The number of para-hydroxylation sites is 1. The first-order valence-electron chi connectivity index (χ1n) is 7.61. The third kappa shape index (κ3) is 1.31. The van der Waals surface area contributed by atoms with E-state index in [9.17, 15) is 0 Å². The molecule has 5 nitrogen and oxygen atoms in total. The number of fused-ring (bicyclic) bond motifs is 2. The van der Waals surface area contributed by atoms with Crippen LogP contribution in [0, 0.1) is 0 Å². The minimum atomic E-state index is -0.403. The lowest BCUT2D eigenvalue weighted by Gasteiger charge is -2.29. The van der Waals surface area contributed by atoms with Crippen LogP contribution >= 0.6 is 12.2 Å². The maximum atomic E-state index is 5.92. The van der Waals surface area contributed by atoms with Gasteiger partial charge in [-0.1, -0.05) is 24.4 Å². The Morgan fingerprint density at radius 3 is 3.18 bits per heavy atom. The monoisotopic (exact) mass is 316 g/mol. The maximum absolute atomic E-state index is 5.92. The fourth-order valence-electron chi connectivity index (χ4n) is 4.07. The van der Waals surface area contributed by atoms with E-state index in [0.29, 0.717) is 6.61 Å². The summed E-state index contributed by atoms with van der Waals surface area (Å²) in [6.07, 6.45) is 0.900. The molecule has 4 heterocycles. The predicted octanol–water partition coefficient (Wildman–Crippen LogP) is 2.02. The van der Waals surface area contributed by atoms with Gasteiger partial charge in [-0.05, 0) is 19.4 Å². The molecule has 22 heavy (non-hydrogen) atoms. The van der Waals surface area contributed by atoms with Gasteiger partial charge in [0.05, 0.1) is 12.3 Å². The van der Waals surface area contributed by atoms with Gasteiger partial charge in [0.1, 0.15) is 28.9 Å². The summed E-state index contributed by atoms with van der Waals surface area (Å²) in [7, 11) is 0. The summed E-state index contributed by atoms with van der Waals surface area (Å²) in [6.45, 7) is 4.18. The number of hydroxylamine groups is 1. The third-order valence-corrected chi connectivity index (χ3v) is 5.56. The number of hydrogen-bond donors (Lipinski definition) is 1. The van der Waals surface area contributed by atoms with Crippen LogP contribution in [-0.4, -0.2) is 30.9 Å². The first-order chi connectivity index (χ1) is 10.7. The highest BCUT2D eigenvalue weighted by Crippen LogP contribution is 2.56. The molecule has 1 N–H and O–H groups in total. The van der Waals surface area contributed by atoms with Gasteiger partial charge in [0.2, 0.25) is 5.88 Å². The largest absolute Gasteiger partial charge is 0.491 e. The van der Waals surface area contributed by atoms with E-state index in [0.717, 1.165) is 47.5 Å². The van der Waals surface area contributed by atoms with Gasteiger partial charge in [-0.3, -0.25) is 4.84 Å². The highest BCUT2D eigenvalue weighted by molar-refractivity contribution is 7.80. The molecule has 0 fully saturated rings. The minimum absolute atomic E-state index is 0.0595. The van der Waals surface area contributed by atoms with Crippen LogP contribution in [0.5, 0.6) is 5.75 Å². The zero-order chi connectivity index (χ0) is 14.9. The van der Waals surface area contributed by atoms with Crippen molar-refractivity contribution in [3.63, 3.8) is 0 Å². The van der Waals surface area contributed by atoms with E-state index in [2.05, 4.69) is 16.4 Å². The molecule has 4 aliphatic heterocycles. The molecule has 6 heteroatoms. The summed E-state index contributed by atoms with van der Waals surface area (Å²) in [6, 6.07) is 6.21. The smallest absolute Gasteiger partial charge is 0.214 e. The topological polar surface area (TPSA) is 43.0 Å². The molecule has 1 spiro atoms. The van der Waals surface area contributed by atoms with Gasteiger partial charge in [0.25, 0.3) is 0 Å². The van der Waals surface area contributed by atoms with E-state index in [-0.39, 0.29) is 6.10 Å². The van der Waals surface area contributed by atoms with Crippen molar-refractivity contribution in [2.45, 2.75) is 24.9 Å². The van der Waals surface area contributed by atoms with Crippen molar-refractivity contribution in [1.82, 2.24) is 5.48 Å². The Hall–Kier alpha value is -1.79. The Kier molecular flexibility index (Phi) is 2.40. The van der Waals surface area contributed by atoms with Crippen LogP contribution < -0.4 is 15.1 Å². The second kappa shape index (κ2) is 4.14. The second-order valence-corrected chi connectivity index (χ2v) is 6.50. The van der Waals surface area contributed by atoms with Gasteiger partial charge >= 0.3 is 0 Å². The first-order valence-corrected chi connectivity index (χ1v) is 8.01. The van der Waals surface area contributed by atoms with Gasteiger partial charge in [0.15, 0.2) is 0 Å². The van der Waals surface area contributed by atoms with Crippen molar-refractivity contribution in [3.05, 3.63) is 35.2 Å². The summed E-state index contributed by atoms with van der Waals surface area (Å²) in [5.41, 5.74) is 5.90. The van der Waals surface area contributed by atoms with Crippen LogP contribution in [0.2, 0.25) is 0 Å². The van der Waals surface area contributed by atoms with Crippen LogP contribution in [-0.2, 0) is 15.0 Å². The van der Waals surface area contributed by atoms with Gasteiger partial charge in [-0.2, -0.15) is 0 Å². The van der Waals surface area contributed by atoms with Crippen LogP contribution in [0.1, 0.15) is 18.9 Å². The number of benzene rings is 1. The van der Waals surface area contributed by atoms with E-state index in [1.54, 1.807) is 0 Å². The van der Waals surface area contributed by atoms with E-state index in [1.807, 2.05) is 19.1 Å². The number of nitrogens with zero attached hydrogens (tertiary/aromatic N) is 1. The van der Waals surface area contributed by atoms with Gasteiger partial charge in [-0.15, -0.1) is 0 Å². The molecule has 0 aliphatic carbocycles. The maximum Gasteiger partial charge on any atom is 0.214 e. The molecule has 5 rings (SSSR count). The normalized spacial score (nSPS) is 31.6. The minimum Gasteiger partial charge on any atom is -0.491 e. The standard InChI is InChI=1S/C16H16N2O3S/c1-9-12-14(17-21-9)20-8-16(12)10-4-2-5-11-13(10)18(15(16)22)6-3-7-19-11/h2,4-5,9,17H,3,6-8H2,1H3.